The van der Waals surface area contributed by atoms with E-state index in [2.05, 4.69) is 28.2 Å². The number of benzene rings is 1. The molecule has 0 aliphatic rings. The van der Waals surface area contributed by atoms with E-state index in [4.69, 9.17) is 4.42 Å². The van der Waals surface area contributed by atoms with Gasteiger partial charge in [0, 0.05) is 12.1 Å². The molecule has 0 aliphatic heterocycles. The number of nitrogens with one attached hydrogen (secondary N) is 1. The van der Waals surface area contributed by atoms with Gasteiger partial charge in [-0.15, -0.1) is 0 Å². The smallest absolute Gasteiger partial charge is 0.151 e. The largest absolute Gasteiger partial charge is 0.463 e. The van der Waals surface area contributed by atoms with Crippen molar-refractivity contribution in [1.82, 2.24) is 5.32 Å². The standard InChI is InChI=1S/C12H13BrFNO/c1-2-5-15-6-8-7-16-12-9(13)3-4-10(14)11(8)12/h3-4,7,15H,2,5-6H2,1H3. The molecule has 1 N–H and O–H groups in total. The summed E-state index contributed by atoms with van der Waals surface area (Å²) in [5, 5.41) is 3.80. The fourth-order valence-corrected chi connectivity index (χ4v) is 2.09. The Morgan fingerprint density at radius 2 is 2.25 bits per heavy atom. The lowest BCUT2D eigenvalue weighted by Gasteiger charge is -2.01. The molecular formula is C12H13BrFNO. The fraction of sp³-hybridized carbons (Fsp3) is 0.333. The van der Waals surface area contributed by atoms with E-state index in [0.29, 0.717) is 17.5 Å². The van der Waals surface area contributed by atoms with Crippen molar-refractivity contribution in [3.63, 3.8) is 0 Å². The summed E-state index contributed by atoms with van der Waals surface area (Å²) in [5.41, 5.74) is 1.44. The van der Waals surface area contributed by atoms with E-state index in [1.165, 1.54) is 6.07 Å². The summed E-state index contributed by atoms with van der Waals surface area (Å²) in [4.78, 5) is 0. The van der Waals surface area contributed by atoms with Gasteiger partial charge in [0.05, 0.1) is 16.1 Å². The van der Waals surface area contributed by atoms with Gasteiger partial charge in [-0.25, -0.2) is 4.39 Å². The number of hydrogen-bond donors (Lipinski definition) is 1. The third-order valence-electron chi connectivity index (χ3n) is 2.44. The van der Waals surface area contributed by atoms with Crippen LogP contribution in [-0.2, 0) is 6.54 Å². The summed E-state index contributed by atoms with van der Waals surface area (Å²) in [6, 6.07) is 3.11. The topological polar surface area (TPSA) is 25.2 Å². The number of fused-ring (bicyclic) bond motifs is 1. The number of rotatable bonds is 4. The molecule has 0 saturated heterocycles. The first kappa shape index (κ1) is 11.6. The zero-order chi connectivity index (χ0) is 11.5. The average Bonchev–Trinajstić information content (AvgIpc) is 2.69. The van der Waals surface area contributed by atoms with Crippen LogP contribution in [0.15, 0.2) is 27.3 Å². The van der Waals surface area contributed by atoms with Crippen molar-refractivity contribution >= 4 is 26.9 Å². The molecule has 0 bridgehead atoms. The van der Waals surface area contributed by atoms with Gasteiger partial charge in [-0.05, 0) is 41.0 Å². The summed E-state index contributed by atoms with van der Waals surface area (Å²) in [7, 11) is 0. The van der Waals surface area contributed by atoms with Crippen molar-refractivity contribution in [1.29, 1.82) is 0 Å². The highest BCUT2D eigenvalue weighted by Crippen LogP contribution is 2.30. The van der Waals surface area contributed by atoms with E-state index < -0.39 is 0 Å². The molecule has 0 unspecified atom stereocenters. The van der Waals surface area contributed by atoms with Gasteiger partial charge in [0.1, 0.15) is 5.82 Å². The van der Waals surface area contributed by atoms with Crippen LogP contribution in [0.3, 0.4) is 0 Å². The van der Waals surface area contributed by atoms with Gasteiger partial charge in [-0.1, -0.05) is 6.92 Å². The Bertz CT molecular complexity index is 495. The van der Waals surface area contributed by atoms with E-state index in [1.807, 2.05) is 0 Å². The lowest BCUT2D eigenvalue weighted by atomic mass is 10.1. The quantitative estimate of drug-likeness (QED) is 0.864. The molecule has 1 aromatic carbocycles. The van der Waals surface area contributed by atoms with Gasteiger partial charge >= 0.3 is 0 Å². The maximum atomic E-state index is 13.7. The Balaban J connectivity index is 2.36. The van der Waals surface area contributed by atoms with Crippen LogP contribution in [0.25, 0.3) is 11.0 Å². The predicted octanol–water partition coefficient (Wildman–Crippen LogP) is 3.83. The summed E-state index contributed by atoms with van der Waals surface area (Å²) in [5.74, 6) is -0.236. The van der Waals surface area contributed by atoms with Crippen molar-refractivity contribution in [2.24, 2.45) is 0 Å². The second-order valence-electron chi connectivity index (χ2n) is 3.67. The zero-order valence-corrected chi connectivity index (χ0v) is 10.6. The van der Waals surface area contributed by atoms with Crippen LogP contribution in [0, 0.1) is 5.82 Å². The summed E-state index contributed by atoms with van der Waals surface area (Å²) >= 11 is 3.35. The molecule has 4 heteroatoms. The van der Waals surface area contributed by atoms with Crippen molar-refractivity contribution in [3.05, 3.63) is 34.2 Å². The molecule has 2 nitrogen and oxygen atoms in total. The highest BCUT2D eigenvalue weighted by molar-refractivity contribution is 9.10. The van der Waals surface area contributed by atoms with E-state index in [9.17, 15) is 4.39 Å². The molecule has 1 heterocycles. The molecule has 0 spiro atoms. The van der Waals surface area contributed by atoms with E-state index in [0.717, 1.165) is 23.0 Å². The van der Waals surface area contributed by atoms with Crippen LogP contribution in [0.1, 0.15) is 18.9 Å². The molecule has 0 radical (unpaired) electrons. The first-order chi connectivity index (χ1) is 7.74. The monoisotopic (exact) mass is 285 g/mol. The Kier molecular flexibility index (Phi) is 3.61. The normalized spacial score (nSPS) is 11.2. The van der Waals surface area contributed by atoms with Gasteiger partial charge in [0.15, 0.2) is 5.58 Å². The van der Waals surface area contributed by atoms with E-state index in [-0.39, 0.29) is 5.82 Å². The molecule has 0 atom stereocenters. The maximum Gasteiger partial charge on any atom is 0.151 e. The Labute approximate surface area is 102 Å². The van der Waals surface area contributed by atoms with Gasteiger partial charge in [-0.2, -0.15) is 0 Å². The molecule has 0 amide bonds. The van der Waals surface area contributed by atoms with Crippen LogP contribution in [0.4, 0.5) is 4.39 Å². The first-order valence-corrected chi connectivity index (χ1v) is 6.08. The minimum atomic E-state index is -0.236. The molecule has 16 heavy (non-hydrogen) atoms. The Morgan fingerprint density at radius 1 is 1.44 bits per heavy atom. The van der Waals surface area contributed by atoms with Crippen LogP contribution in [0.2, 0.25) is 0 Å². The maximum absolute atomic E-state index is 13.7. The third-order valence-corrected chi connectivity index (χ3v) is 3.07. The molecule has 0 aliphatic carbocycles. The minimum Gasteiger partial charge on any atom is -0.463 e. The number of hydrogen-bond acceptors (Lipinski definition) is 2. The zero-order valence-electron chi connectivity index (χ0n) is 9.02. The minimum absolute atomic E-state index is 0.236. The number of furan rings is 1. The molecule has 0 saturated carbocycles. The van der Waals surface area contributed by atoms with E-state index >= 15 is 0 Å². The van der Waals surface area contributed by atoms with Crippen molar-refractivity contribution in [2.75, 3.05) is 6.54 Å². The van der Waals surface area contributed by atoms with Gasteiger partial charge in [0.25, 0.3) is 0 Å². The number of halogens is 2. The van der Waals surface area contributed by atoms with Gasteiger partial charge < -0.3 is 9.73 Å². The first-order valence-electron chi connectivity index (χ1n) is 5.28. The van der Waals surface area contributed by atoms with Crippen LogP contribution < -0.4 is 5.32 Å². The highest BCUT2D eigenvalue weighted by atomic mass is 79.9. The lowest BCUT2D eigenvalue weighted by molar-refractivity contribution is 0.598. The fourth-order valence-electron chi connectivity index (χ4n) is 1.67. The van der Waals surface area contributed by atoms with Crippen molar-refractivity contribution in [3.8, 4) is 0 Å². The van der Waals surface area contributed by atoms with Crippen LogP contribution >= 0.6 is 15.9 Å². The molecule has 86 valence electrons. The summed E-state index contributed by atoms with van der Waals surface area (Å²) in [6.07, 6.45) is 2.67. The molecular weight excluding hydrogens is 273 g/mol. The van der Waals surface area contributed by atoms with Crippen molar-refractivity contribution in [2.45, 2.75) is 19.9 Å². The Hall–Kier alpha value is -0.870. The molecule has 2 rings (SSSR count). The third kappa shape index (κ3) is 2.13. The lowest BCUT2D eigenvalue weighted by Crippen LogP contribution is -2.13. The predicted molar refractivity (Wildman–Crippen MR) is 65.9 cm³/mol. The van der Waals surface area contributed by atoms with Gasteiger partial charge in [0.2, 0.25) is 0 Å². The van der Waals surface area contributed by atoms with Crippen LogP contribution in [-0.4, -0.2) is 6.54 Å². The second-order valence-corrected chi connectivity index (χ2v) is 4.53. The van der Waals surface area contributed by atoms with Crippen LogP contribution in [0.5, 0.6) is 0 Å². The average molecular weight is 286 g/mol. The molecule has 2 aromatic rings. The SMILES string of the molecule is CCCNCc1coc2c(Br)ccc(F)c12. The molecule has 1 aromatic heterocycles. The summed E-state index contributed by atoms with van der Waals surface area (Å²) in [6.45, 7) is 3.65. The van der Waals surface area contributed by atoms with E-state index in [1.54, 1.807) is 12.3 Å². The highest BCUT2D eigenvalue weighted by Gasteiger charge is 2.12. The Morgan fingerprint density at radius 3 is 3.00 bits per heavy atom. The van der Waals surface area contributed by atoms with Crippen molar-refractivity contribution < 1.29 is 8.81 Å². The summed E-state index contributed by atoms with van der Waals surface area (Å²) < 4.78 is 19.8. The van der Waals surface area contributed by atoms with Gasteiger partial charge in [-0.3, -0.25) is 0 Å². The second kappa shape index (κ2) is 4.97. The molecule has 0 fully saturated rings.